The third-order valence-corrected chi connectivity index (χ3v) is 1.68. The van der Waals surface area contributed by atoms with Crippen LogP contribution in [0.4, 0.5) is 0 Å². The van der Waals surface area contributed by atoms with Gasteiger partial charge in [-0.1, -0.05) is 0 Å². The molecule has 0 amide bonds. The smallest absolute Gasteiger partial charge is 0.124 e. The van der Waals surface area contributed by atoms with Gasteiger partial charge in [0.1, 0.15) is 11.5 Å². The van der Waals surface area contributed by atoms with E-state index in [9.17, 15) is 5.11 Å². The van der Waals surface area contributed by atoms with E-state index in [0.29, 0.717) is 5.56 Å². The highest BCUT2D eigenvalue weighted by Crippen LogP contribution is 2.29. The molecule has 0 saturated carbocycles. The number of phenols is 2. The van der Waals surface area contributed by atoms with Crippen LogP contribution in [-0.4, -0.2) is 10.2 Å². The lowest BCUT2D eigenvalue weighted by atomic mass is 9.95. The van der Waals surface area contributed by atoms with Gasteiger partial charge in [0.2, 0.25) is 0 Å². The van der Waals surface area contributed by atoms with Gasteiger partial charge in [-0.15, -0.1) is 0 Å². The molecule has 0 saturated heterocycles. The van der Waals surface area contributed by atoms with Crippen LogP contribution < -0.4 is 5.73 Å². The number of aromatic hydroxyl groups is 2. The maximum Gasteiger partial charge on any atom is 0.124 e. The van der Waals surface area contributed by atoms with Gasteiger partial charge in [0.25, 0.3) is 0 Å². The normalized spacial score (nSPS) is 11.6. The first-order valence-electron chi connectivity index (χ1n) is 3.72. The summed E-state index contributed by atoms with van der Waals surface area (Å²) >= 11 is 0. The third-order valence-electron chi connectivity index (χ3n) is 1.68. The van der Waals surface area contributed by atoms with Crippen LogP contribution in [0.25, 0.3) is 0 Å². The predicted octanol–water partition coefficient (Wildman–Crippen LogP) is 1.29. The first-order valence-corrected chi connectivity index (χ1v) is 3.72. The van der Waals surface area contributed by atoms with Crippen LogP contribution >= 0.6 is 0 Å². The number of rotatable bonds is 1. The van der Waals surface area contributed by atoms with Crippen molar-refractivity contribution in [2.75, 3.05) is 0 Å². The summed E-state index contributed by atoms with van der Waals surface area (Å²) in [4.78, 5) is 0. The van der Waals surface area contributed by atoms with E-state index in [1.165, 1.54) is 12.1 Å². The van der Waals surface area contributed by atoms with Crippen molar-refractivity contribution in [2.24, 2.45) is 5.73 Å². The summed E-state index contributed by atoms with van der Waals surface area (Å²) in [6.45, 7) is 3.58. The fraction of sp³-hybridized carbons (Fsp3) is 0.333. The third kappa shape index (κ3) is 1.68. The number of benzene rings is 1. The van der Waals surface area contributed by atoms with Crippen molar-refractivity contribution in [3.05, 3.63) is 23.8 Å². The van der Waals surface area contributed by atoms with Crippen molar-refractivity contribution in [1.29, 1.82) is 0 Å². The quantitative estimate of drug-likeness (QED) is 0.590. The van der Waals surface area contributed by atoms with Crippen LogP contribution in [0.1, 0.15) is 19.4 Å². The minimum Gasteiger partial charge on any atom is -0.508 e. The fourth-order valence-electron chi connectivity index (χ4n) is 1.06. The molecule has 66 valence electrons. The van der Waals surface area contributed by atoms with Gasteiger partial charge in [-0.25, -0.2) is 0 Å². The van der Waals surface area contributed by atoms with Gasteiger partial charge in [0.05, 0.1) is 0 Å². The highest BCUT2D eigenvalue weighted by Gasteiger charge is 2.18. The van der Waals surface area contributed by atoms with Gasteiger partial charge in [-0.3, -0.25) is 0 Å². The molecule has 3 nitrogen and oxygen atoms in total. The van der Waals surface area contributed by atoms with E-state index in [0.717, 1.165) is 0 Å². The van der Waals surface area contributed by atoms with Gasteiger partial charge in [-0.05, 0) is 26.0 Å². The minimum absolute atomic E-state index is 0.0301. The van der Waals surface area contributed by atoms with Gasteiger partial charge in [-0.2, -0.15) is 0 Å². The Labute approximate surface area is 71.5 Å². The Bertz CT molecular complexity index is 289. The molecule has 0 aliphatic carbocycles. The lowest BCUT2D eigenvalue weighted by molar-refractivity contribution is 0.427. The molecule has 0 heterocycles. The zero-order valence-electron chi connectivity index (χ0n) is 7.20. The molecule has 4 N–H and O–H groups in total. The molecule has 0 spiro atoms. The van der Waals surface area contributed by atoms with Crippen LogP contribution in [0, 0.1) is 0 Å². The second-order valence-corrected chi connectivity index (χ2v) is 3.42. The topological polar surface area (TPSA) is 66.5 Å². The molecule has 0 aliphatic heterocycles. The highest BCUT2D eigenvalue weighted by molar-refractivity contribution is 5.42. The van der Waals surface area contributed by atoms with Crippen molar-refractivity contribution in [1.82, 2.24) is 0 Å². The molecule has 0 aliphatic rings. The van der Waals surface area contributed by atoms with Crippen LogP contribution in [-0.2, 0) is 5.54 Å². The van der Waals surface area contributed by atoms with Crippen LogP contribution in [0.15, 0.2) is 18.2 Å². The second-order valence-electron chi connectivity index (χ2n) is 3.42. The average Bonchev–Trinajstić information content (AvgIpc) is 1.83. The van der Waals surface area contributed by atoms with Crippen LogP contribution in [0.2, 0.25) is 0 Å². The van der Waals surface area contributed by atoms with E-state index in [1.54, 1.807) is 19.9 Å². The Kier molecular flexibility index (Phi) is 1.98. The standard InChI is InChI=1S/C9H13NO2/c1-9(2,10)7-4-3-6(11)5-8(7)12/h3-5,11-12H,10H2,1-2H3. The zero-order valence-corrected chi connectivity index (χ0v) is 7.20. The number of hydrogen-bond acceptors (Lipinski definition) is 3. The highest BCUT2D eigenvalue weighted by atomic mass is 16.3. The Morgan fingerprint density at radius 3 is 2.25 bits per heavy atom. The van der Waals surface area contributed by atoms with Crippen molar-refractivity contribution < 1.29 is 10.2 Å². The number of hydrogen-bond donors (Lipinski definition) is 3. The van der Waals surface area contributed by atoms with E-state index in [4.69, 9.17) is 10.8 Å². The monoisotopic (exact) mass is 167 g/mol. The van der Waals surface area contributed by atoms with Gasteiger partial charge >= 0.3 is 0 Å². The molecule has 1 aromatic carbocycles. The van der Waals surface area contributed by atoms with E-state index >= 15 is 0 Å². The van der Waals surface area contributed by atoms with Crippen molar-refractivity contribution in [3.63, 3.8) is 0 Å². The molecule has 0 unspecified atom stereocenters. The SMILES string of the molecule is CC(C)(N)c1ccc(O)cc1O. The number of phenolic OH excluding ortho intramolecular Hbond substituents is 2. The Morgan fingerprint density at radius 2 is 1.83 bits per heavy atom. The van der Waals surface area contributed by atoms with Crippen LogP contribution in [0.5, 0.6) is 11.5 Å². The predicted molar refractivity (Wildman–Crippen MR) is 47.0 cm³/mol. The molecule has 1 aromatic rings. The summed E-state index contributed by atoms with van der Waals surface area (Å²) in [5, 5.41) is 18.4. The van der Waals surface area contributed by atoms with Gasteiger partial charge < -0.3 is 15.9 Å². The average molecular weight is 167 g/mol. The molecule has 1 rings (SSSR count). The molecule has 0 fully saturated rings. The maximum atomic E-state index is 9.39. The molecular weight excluding hydrogens is 154 g/mol. The summed E-state index contributed by atoms with van der Waals surface area (Å²) in [7, 11) is 0. The minimum atomic E-state index is -0.586. The van der Waals surface area contributed by atoms with E-state index < -0.39 is 5.54 Å². The lowest BCUT2D eigenvalue weighted by Crippen LogP contribution is -2.28. The largest absolute Gasteiger partial charge is 0.508 e. The Hall–Kier alpha value is -1.22. The molecular formula is C9H13NO2. The summed E-state index contributed by atoms with van der Waals surface area (Å²) in [5.74, 6) is 0.0722. The molecule has 0 bridgehead atoms. The van der Waals surface area contributed by atoms with Gasteiger partial charge in [0, 0.05) is 17.2 Å². The molecule has 0 aromatic heterocycles. The van der Waals surface area contributed by atoms with E-state index in [-0.39, 0.29) is 11.5 Å². The summed E-state index contributed by atoms with van der Waals surface area (Å²) in [5.41, 5.74) is 5.81. The zero-order chi connectivity index (χ0) is 9.35. The van der Waals surface area contributed by atoms with Crippen molar-refractivity contribution >= 4 is 0 Å². The van der Waals surface area contributed by atoms with E-state index in [2.05, 4.69) is 0 Å². The van der Waals surface area contributed by atoms with Crippen molar-refractivity contribution in [2.45, 2.75) is 19.4 Å². The molecule has 0 atom stereocenters. The molecule has 3 heteroatoms. The molecule has 0 radical (unpaired) electrons. The first-order chi connectivity index (χ1) is 5.41. The molecule has 12 heavy (non-hydrogen) atoms. The van der Waals surface area contributed by atoms with Gasteiger partial charge in [0.15, 0.2) is 0 Å². The summed E-state index contributed by atoms with van der Waals surface area (Å²) < 4.78 is 0. The Morgan fingerprint density at radius 1 is 1.25 bits per heavy atom. The maximum absolute atomic E-state index is 9.39. The van der Waals surface area contributed by atoms with Crippen molar-refractivity contribution in [3.8, 4) is 11.5 Å². The number of nitrogens with two attached hydrogens (primary N) is 1. The van der Waals surface area contributed by atoms with E-state index in [1.807, 2.05) is 0 Å². The summed E-state index contributed by atoms with van der Waals surface area (Å²) in [6, 6.07) is 4.40. The Balaban J connectivity index is 3.19. The first kappa shape index (κ1) is 8.87. The fourth-order valence-corrected chi connectivity index (χ4v) is 1.06. The summed E-state index contributed by atoms with van der Waals surface area (Å²) in [6.07, 6.45) is 0. The second kappa shape index (κ2) is 2.68. The van der Waals surface area contributed by atoms with Crippen LogP contribution in [0.3, 0.4) is 0 Å². The lowest BCUT2D eigenvalue weighted by Gasteiger charge is -2.20.